The Hall–Kier alpha value is -1.68. The summed E-state index contributed by atoms with van der Waals surface area (Å²) < 4.78 is 0. The van der Waals surface area contributed by atoms with Crippen LogP contribution in [-0.2, 0) is 0 Å². The van der Waals surface area contributed by atoms with Crippen LogP contribution >= 0.6 is 0 Å². The molecule has 1 aromatic rings. The lowest BCUT2D eigenvalue weighted by atomic mass is 9.95. The van der Waals surface area contributed by atoms with Gasteiger partial charge in [0.1, 0.15) is 0 Å². The van der Waals surface area contributed by atoms with Crippen LogP contribution in [0.15, 0.2) is 24.3 Å². The Bertz CT molecular complexity index is 491. The lowest BCUT2D eigenvalue weighted by Gasteiger charge is -2.29. The molecule has 0 heterocycles. The number of ketones is 1. The third-order valence-corrected chi connectivity index (χ3v) is 3.86. The van der Waals surface area contributed by atoms with E-state index in [-0.39, 0.29) is 17.2 Å². The van der Waals surface area contributed by atoms with Crippen LogP contribution in [-0.4, -0.2) is 23.8 Å². The second-order valence-corrected chi connectivity index (χ2v) is 5.48. The van der Waals surface area contributed by atoms with Gasteiger partial charge in [-0.25, -0.2) is 0 Å². The highest BCUT2D eigenvalue weighted by molar-refractivity contribution is 5.98. The van der Waals surface area contributed by atoms with Gasteiger partial charge in [0, 0.05) is 17.7 Å². The normalized spacial score (nSPS) is 17.6. The van der Waals surface area contributed by atoms with Gasteiger partial charge >= 0.3 is 0 Å². The molecule has 3 N–H and O–H groups in total. The van der Waals surface area contributed by atoms with Gasteiger partial charge in [-0.3, -0.25) is 9.59 Å². The van der Waals surface area contributed by atoms with Crippen molar-refractivity contribution in [3.63, 3.8) is 0 Å². The zero-order valence-corrected chi connectivity index (χ0v) is 11.4. The number of benzene rings is 1. The van der Waals surface area contributed by atoms with Crippen LogP contribution in [0.1, 0.15) is 47.4 Å². The summed E-state index contributed by atoms with van der Waals surface area (Å²) >= 11 is 0. The molecule has 2 rings (SSSR count). The van der Waals surface area contributed by atoms with Crippen molar-refractivity contribution in [1.29, 1.82) is 0 Å². The van der Waals surface area contributed by atoms with Crippen LogP contribution in [0.4, 0.5) is 0 Å². The van der Waals surface area contributed by atoms with E-state index in [1.807, 2.05) is 6.92 Å². The van der Waals surface area contributed by atoms with E-state index in [4.69, 9.17) is 5.73 Å². The van der Waals surface area contributed by atoms with Crippen LogP contribution in [0.2, 0.25) is 0 Å². The Labute approximate surface area is 113 Å². The third kappa shape index (κ3) is 3.01. The van der Waals surface area contributed by atoms with E-state index < -0.39 is 0 Å². The zero-order valence-electron chi connectivity index (χ0n) is 11.4. The quantitative estimate of drug-likeness (QED) is 0.792. The molecule has 1 amide bonds. The predicted molar refractivity (Wildman–Crippen MR) is 74.1 cm³/mol. The van der Waals surface area contributed by atoms with Crippen LogP contribution in [0.5, 0.6) is 0 Å². The van der Waals surface area contributed by atoms with Crippen LogP contribution in [0, 0.1) is 5.92 Å². The molecule has 1 aromatic carbocycles. The smallest absolute Gasteiger partial charge is 0.251 e. The number of hydrogen-bond acceptors (Lipinski definition) is 3. The molecule has 1 saturated carbocycles. The molecule has 19 heavy (non-hydrogen) atoms. The summed E-state index contributed by atoms with van der Waals surface area (Å²) in [6, 6.07) is 6.70. The molecule has 1 fully saturated rings. The fraction of sp³-hybridized carbons (Fsp3) is 0.467. The maximum atomic E-state index is 12.2. The van der Waals surface area contributed by atoms with Gasteiger partial charge in [0.25, 0.3) is 5.91 Å². The van der Waals surface area contributed by atoms with E-state index in [0.717, 1.165) is 12.8 Å². The predicted octanol–water partition coefficient (Wildman–Crippen LogP) is 1.75. The summed E-state index contributed by atoms with van der Waals surface area (Å²) in [6.07, 6.45) is 2.24. The van der Waals surface area contributed by atoms with Crippen molar-refractivity contribution >= 4 is 11.7 Å². The first-order valence-corrected chi connectivity index (χ1v) is 6.60. The van der Waals surface area contributed by atoms with Gasteiger partial charge in [0.05, 0.1) is 5.54 Å². The fourth-order valence-electron chi connectivity index (χ4n) is 2.23. The Kier molecular flexibility index (Phi) is 3.71. The number of carbonyl (C=O) groups excluding carboxylic acids is 2. The van der Waals surface area contributed by atoms with Crippen molar-refractivity contribution in [2.45, 2.75) is 32.2 Å². The summed E-state index contributed by atoms with van der Waals surface area (Å²) in [5, 5.41) is 3.02. The molecule has 102 valence electrons. The topological polar surface area (TPSA) is 72.2 Å². The summed E-state index contributed by atoms with van der Waals surface area (Å²) in [5.41, 5.74) is 6.63. The van der Waals surface area contributed by atoms with Gasteiger partial charge in [0.15, 0.2) is 5.78 Å². The minimum absolute atomic E-state index is 0.00302. The third-order valence-electron chi connectivity index (χ3n) is 3.86. The Balaban J connectivity index is 2.09. The summed E-state index contributed by atoms with van der Waals surface area (Å²) in [5.74, 6) is 0.352. The molecule has 1 aliphatic rings. The molecule has 4 heteroatoms. The Morgan fingerprint density at radius 1 is 1.26 bits per heavy atom. The zero-order chi connectivity index (χ0) is 14.0. The first-order chi connectivity index (χ1) is 8.96. The Morgan fingerprint density at radius 3 is 2.21 bits per heavy atom. The number of nitrogens with one attached hydrogen (secondary N) is 1. The number of carbonyl (C=O) groups is 2. The summed E-state index contributed by atoms with van der Waals surface area (Å²) in [6.45, 7) is 3.94. The highest BCUT2D eigenvalue weighted by atomic mass is 16.1. The molecular weight excluding hydrogens is 240 g/mol. The molecule has 0 spiro atoms. The second-order valence-electron chi connectivity index (χ2n) is 5.48. The number of hydrogen-bond donors (Lipinski definition) is 2. The lowest BCUT2D eigenvalue weighted by molar-refractivity contribution is 0.0896. The maximum Gasteiger partial charge on any atom is 0.251 e. The summed E-state index contributed by atoms with van der Waals surface area (Å²) in [4.78, 5) is 23.4. The minimum atomic E-state index is -0.323. The minimum Gasteiger partial charge on any atom is -0.345 e. The van der Waals surface area contributed by atoms with Gasteiger partial charge in [-0.1, -0.05) is 12.1 Å². The van der Waals surface area contributed by atoms with E-state index in [0.29, 0.717) is 23.6 Å². The molecule has 0 saturated heterocycles. The average Bonchev–Trinajstić information content (AvgIpc) is 3.23. The number of amides is 1. The summed E-state index contributed by atoms with van der Waals surface area (Å²) in [7, 11) is 0. The molecule has 4 nitrogen and oxygen atoms in total. The number of rotatable bonds is 5. The molecule has 1 atom stereocenters. The molecule has 1 unspecified atom stereocenters. The van der Waals surface area contributed by atoms with Crippen molar-refractivity contribution < 1.29 is 9.59 Å². The van der Waals surface area contributed by atoms with Crippen LogP contribution in [0.25, 0.3) is 0 Å². The molecule has 0 radical (unpaired) electrons. The SMILES string of the molecule is CC(=O)c1ccc(C(=O)NC(C)(CN)C2CC2)cc1. The highest BCUT2D eigenvalue weighted by Crippen LogP contribution is 2.39. The first-order valence-electron chi connectivity index (χ1n) is 6.60. The van der Waals surface area contributed by atoms with Crippen molar-refractivity contribution in [3.05, 3.63) is 35.4 Å². The van der Waals surface area contributed by atoms with Crippen molar-refractivity contribution in [2.24, 2.45) is 11.7 Å². The van der Waals surface area contributed by atoms with Gasteiger partial charge in [-0.05, 0) is 44.7 Å². The van der Waals surface area contributed by atoms with E-state index in [9.17, 15) is 9.59 Å². The van der Waals surface area contributed by atoms with Gasteiger partial charge in [-0.2, -0.15) is 0 Å². The standard InChI is InChI=1S/C15H20N2O2/c1-10(18)11-3-5-12(6-4-11)14(19)17-15(2,9-16)13-7-8-13/h3-6,13H,7-9,16H2,1-2H3,(H,17,19). The largest absolute Gasteiger partial charge is 0.345 e. The van der Waals surface area contributed by atoms with Crippen LogP contribution in [0.3, 0.4) is 0 Å². The Morgan fingerprint density at radius 2 is 1.79 bits per heavy atom. The molecule has 1 aliphatic carbocycles. The van der Waals surface area contributed by atoms with Gasteiger partial charge < -0.3 is 11.1 Å². The van der Waals surface area contributed by atoms with E-state index in [1.165, 1.54) is 6.92 Å². The van der Waals surface area contributed by atoms with Gasteiger partial charge in [0.2, 0.25) is 0 Å². The second kappa shape index (κ2) is 5.13. The molecular formula is C15H20N2O2. The fourth-order valence-corrected chi connectivity index (χ4v) is 2.23. The number of Topliss-reactive ketones (excluding diaryl/α,β-unsaturated/α-hetero) is 1. The van der Waals surface area contributed by atoms with E-state index in [1.54, 1.807) is 24.3 Å². The monoisotopic (exact) mass is 260 g/mol. The van der Waals surface area contributed by atoms with Crippen molar-refractivity contribution in [3.8, 4) is 0 Å². The average molecular weight is 260 g/mol. The highest BCUT2D eigenvalue weighted by Gasteiger charge is 2.41. The molecule has 0 aromatic heterocycles. The molecule has 0 bridgehead atoms. The molecule has 0 aliphatic heterocycles. The lowest BCUT2D eigenvalue weighted by Crippen LogP contribution is -2.53. The van der Waals surface area contributed by atoms with Crippen molar-refractivity contribution in [1.82, 2.24) is 5.32 Å². The van der Waals surface area contributed by atoms with Crippen molar-refractivity contribution in [2.75, 3.05) is 6.54 Å². The van der Waals surface area contributed by atoms with E-state index in [2.05, 4.69) is 5.32 Å². The first kappa shape index (κ1) is 13.7. The van der Waals surface area contributed by atoms with Gasteiger partial charge in [-0.15, -0.1) is 0 Å². The maximum absolute atomic E-state index is 12.2. The van der Waals surface area contributed by atoms with E-state index >= 15 is 0 Å². The number of nitrogens with two attached hydrogens (primary N) is 1. The van der Waals surface area contributed by atoms with Crippen LogP contribution < -0.4 is 11.1 Å².